The molecule has 75 valence electrons. The summed E-state index contributed by atoms with van der Waals surface area (Å²) in [6.45, 7) is 2.08. The Balaban J connectivity index is 0.000000500. The number of rotatable bonds is 1. The molecule has 0 aliphatic rings. The minimum atomic E-state index is -0.826. The first-order valence-electron chi connectivity index (χ1n) is 3.82. The van der Waals surface area contributed by atoms with Gasteiger partial charge in [-0.05, 0) is 0 Å². The molecule has 1 rings (SSSR count). The summed E-state index contributed by atoms with van der Waals surface area (Å²) in [5.41, 5.74) is 2.43. The van der Waals surface area contributed by atoms with Crippen LogP contribution < -0.4 is 4.46 Å². The Bertz CT molecular complexity index is 305. The van der Waals surface area contributed by atoms with Gasteiger partial charge in [-0.3, -0.25) is 0 Å². The fourth-order valence-corrected chi connectivity index (χ4v) is 1.31. The first kappa shape index (κ1) is 14.9. The van der Waals surface area contributed by atoms with Gasteiger partial charge in [-0.2, -0.15) is 0 Å². The Morgan fingerprint density at radius 2 is 2.00 bits per heavy atom. The SMILES string of the molecule is CN=Cc1cccc(C)c1[Se].[Cl][Zr][Cl]. The molecule has 1 nitrogen and oxygen atoms in total. The van der Waals surface area contributed by atoms with Crippen molar-refractivity contribution in [2.75, 3.05) is 7.05 Å². The fourth-order valence-electron chi connectivity index (χ4n) is 0.916. The van der Waals surface area contributed by atoms with Gasteiger partial charge in [-0.15, -0.1) is 0 Å². The van der Waals surface area contributed by atoms with Crippen molar-refractivity contribution in [2.24, 2.45) is 4.99 Å². The van der Waals surface area contributed by atoms with Crippen LogP contribution in [-0.4, -0.2) is 29.3 Å². The fraction of sp³-hybridized carbons (Fsp3) is 0.222. The Labute approximate surface area is 112 Å². The van der Waals surface area contributed by atoms with Gasteiger partial charge in [0.25, 0.3) is 0 Å². The van der Waals surface area contributed by atoms with Crippen molar-refractivity contribution in [1.29, 1.82) is 0 Å². The zero-order valence-corrected chi connectivity index (χ0v) is 13.6. The van der Waals surface area contributed by atoms with Crippen molar-refractivity contribution in [1.82, 2.24) is 0 Å². The van der Waals surface area contributed by atoms with Crippen molar-refractivity contribution in [3.63, 3.8) is 0 Å². The van der Waals surface area contributed by atoms with Crippen LogP contribution in [0, 0.1) is 6.92 Å². The van der Waals surface area contributed by atoms with E-state index in [4.69, 9.17) is 17.0 Å². The Morgan fingerprint density at radius 1 is 1.43 bits per heavy atom. The molecule has 1 aromatic carbocycles. The maximum absolute atomic E-state index is 4.93. The van der Waals surface area contributed by atoms with Gasteiger partial charge < -0.3 is 0 Å². The molecule has 0 bridgehead atoms. The second kappa shape index (κ2) is 9.12. The molecule has 0 heterocycles. The maximum atomic E-state index is 4.93. The van der Waals surface area contributed by atoms with Gasteiger partial charge in [-0.25, -0.2) is 0 Å². The van der Waals surface area contributed by atoms with Gasteiger partial charge in [0.05, 0.1) is 0 Å². The van der Waals surface area contributed by atoms with E-state index in [1.165, 1.54) is 10.0 Å². The Kier molecular flexibility index (Phi) is 9.69. The average Bonchev–Trinajstić information content (AvgIpc) is 2.15. The van der Waals surface area contributed by atoms with Gasteiger partial charge >= 0.3 is 113 Å². The van der Waals surface area contributed by atoms with Crippen LogP contribution in [0.5, 0.6) is 0 Å². The Morgan fingerprint density at radius 3 is 2.50 bits per heavy atom. The normalized spacial score (nSPS) is 9.43. The van der Waals surface area contributed by atoms with Crippen LogP contribution in [0.4, 0.5) is 0 Å². The van der Waals surface area contributed by atoms with Crippen molar-refractivity contribution in [3.05, 3.63) is 29.3 Å². The van der Waals surface area contributed by atoms with E-state index in [2.05, 4.69) is 34.0 Å². The summed E-state index contributed by atoms with van der Waals surface area (Å²) in [5.74, 6) is 0. The van der Waals surface area contributed by atoms with Crippen LogP contribution in [-0.2, 0) is 20.8 Å². The predicted molar refractivity (Wildman–Crippen MR) is 61.8 cm³/mol. The molecule has 0 unspecified atom stereocenters. The number of aryl methyl sites for hydroxylation is 1. The molecular weight excluding hydrogens is 363 g/mol. The van der Waals surface area contributed by atoms with E-state index in [1.807, 2.05) is 18.3 Å². The van der Waals surface area contributed by atoms with Gasteiger partial charge in [-0.1, -0.05) is 0 Å². The molecule has 0 atom stereocenters. The molecule has 1 aromatic rings. The molecule has 0 aliphatic carbocycles. The number of halogens is 2. The summed E-state index contributed by atoms with van der Waals surface area (Å²) in [5, 5.41) is 0. The average molecular weight is 373 g/mol. The summed E-state index contributed by atoms with van der Waals surface area (Å²) >= 11 is 2.21. The van der Waals surface area contributed by atoms with E-state index in [9.17, 15) is 0 Å². The molecule has 5 heteroatoms. The summed E-state index contributed by atoms with van der Waals surface area (Å²) in [6.07, 6.45) is 1.86. The van der Waals surface area contributed by atoms with Gasteiger partial charge in [0, 0.05) is 0 Å². The number of nitrogens with zero attached hydrogens (tertiary/aromatic N) is 1. The molecule has 0 spiro atoms. The van der Waals surface area contributed by atoms with E-state index in [1.54, 1.807) is 7.05 Å². The summed E-state index contributed by atoms with van der Waals surface area (Å²) in [4.78, 5) is 3.96. The zero-order valence-electron chi connectivity index (χ0n) is 7.92. The van der Waals surface area contributed by atoms with Crippen LogP contribution in [0.3, 0.4) is 0 Å². The van der Waals surface area contributed by atoms with Gasteiger partial charge in [0.15, 0.2) is 0 Å². The van der Waals surface area contributed by atoms with Crippen molar-refractivity contribution in [2.45, 2.75) is 6.92 Å². The van der Waals surface area contributed by atoms with Crippen LogP contribution in [0.25, 0.3) is 0 Å². The van der Waals surface area contributed by atoms with Gasteiger partial charge in [0.1, 0.15) is 0 Å². The van der Waals surface area contributed by atoms with E-state index in [0.717, 1.165) is 5.56 Å². The molecule has 0 aliphatic heterocycles. The topological polar surface area (TPSA) is 12.4 Å². The number of hydrogen-bond donors (Lipinski definition) is 0. The Hall–Kier alpha value is 0.873. The number of hydrogen-bond acceptors (Lipinski definition) is 1. The second-order valence-electron chi connectivity index (χ2n) is 2.45. The standard InChI is InChI=1S/C9H10NSe.2ClH.Zr/c1-7-4-3-5-8(6-10-2)9(7)11;;;/h3-6H,1-2H3;2*1H;/q;;;+2/p-2. The van der Waals surface area contributed by atoms with E-state index < -0.39 is 20.8 Å². The molecule has 0 saturated heterocycles. The third-order valence-electron chi connectivity index (χ3n) is 1.51. The van der Waals surface area contributed by atoms with Crippen molar-refractivity contribution < 1.29 is 20.8 Å². The molecule has 14 heavy (non-hydrogen) atoms. The van der Waals surface area contributed by atoms with Gasteiger partial charge in [0.2, 0.25) is 0 Å². The zero-order chi connectivity index (χ0) is 11.0. The first-order chi connectivity index (χ1) is 6.67. The molecule has 0 saturated carbocycles. The van der Waals surface area contributed by atoms with E-state index in [0.29, 0.717) is 0 Å². The van der Waals surface area contributed by atoms with Crippen molar-refractivity contribution >= 4 is 43.7 Å². The van der Waals surface area contributed by atoms with Crippen molar-refractivity contribution in [3.8, 4) is 0 Å². The summed E-state index contributed by atoms with van der Waals surface area (Å²) in [7, 11) is 11.6. The first-order valence-corrected chi connectivity index (χ1v) is 11.0. The monoisotopic (exact) mass is 372 g/mol. The summed E-state index contributed by atoms with van der Waals surface area (Å²) < 4.78 is 1.19. The van der Waals surface area contributed by atoms with Crippen LogP contribution in [0.1, 0.15) is 11.1 Å². The second-order valence-corrected chi connectivity index (χ2v) is 7.04. The molecule has 1 radical (unpaired) electrons. The van der Waals surface area contributed by atoms with E-state index in [-0.39, 0.29) is 0 Å². The molecular formula is C9H10Cl2NSeZr. The summed E-state index contributed by atoms with van der Waals surface area (Å²) in [6, 6.07) is 6.16. The molecule has 0 N–H and O–H groups in total. The quantitative estimate of drug-likeness (QED) is 0.529. The predicted octanol–water partition coefficient (Wildman–Crippen LogP) is 2.21. The van der Waals surface area contributed by atoms with Crippen LogP contribution >= 0.6 is 17.0 Å². The minimum absolute atomic E-state index is 0.826. The molecule has 0 aromatic heterocycles. The number of benzene rings is 1. The van der Waals surface area contributed by atoms with Crippen LogP contribution in [0.2, 0.25) is 0 Å². The molecule has 0 amide bonds. The number of aliphatic imine (C=N–C) groups is 1. The van der Waals surface area contributed by atoms with Crippen LogP contribution in [0.15, 0.2) is 23.2 Å². The van der Waals surface area contributed by atoms with E-state index >= 15 is 0 Å². The third-order valence-corrected chi connectivity index (χ3v) is 2.68. The molecule has 0 fully saturated rings. The third kappa shape index (κ3) is 5.68.